The van der Waals surface area contributed by atoms with Crippen molar-refractivity contribution in [2.75, 3.05) is 19.6 Å². The minimum atomic E-state index is -0.582. The zero-order chi connectivity index (χ0) is 19.6. The van der Waals surface area contributed by atoms with Crippen LogP contribution >= 0.6 is 15.9 Å². The Balaban J connectivity index is 2.13. The van der Waals surface area contributed by atoms with Gasteiger partial charge < -0.3 is 14.5 Å². The van der Waals surface area contributed by atoms with Crippen molar-refractivity contribution in [2.24, 2.45) is 0 Å². The molecule has 9 heteroatoms. The molecule has 142 valence electrons. The van der Waals surface area contributed by atoms with Gasteiger partial charge in [0, 0.05) is 31.7 Å². The topological polar surface area (TPSA) is 93.0 Å². The molecule has 1 atom stereocenters. The van der Waals surface area contributed by atoms with Gasteiger partial charge in [-0.3, -0.25) is 14.9 Å². The minimum Gasteiger partial charge on any atom is -0.444 e. The van der Waals surface area contributed by atoms with E-state index >= 15 is 0 Å². The van der Waals surface area contributed by atoms with Crippen molar-refractivity contribution in [3.63, 3.8) is 0 Å². The normalized spacial score (nSPS) is 17.8. The third-order valence-corrected chi connectivity index (χ3v) is 4.78. The average Bonchev–Trinajstić information content (AvgIpc) is 2.52. The summed E-state index contributed by atoms with van der Waals surface area (Å²) in [6.07, 6.45) is -0.409. The first-order chi connectivity index (χ1) is 12.0. The molecule has 2 amide bonds. The number of nitro groups is 1. The Labute approximate surface area is 160 Å². The van der Waals surface area contributed by atoms with Gasteiger partial charge in [-0.2, -0.15) is 0 Å². The van der Waals surface area contributed by atoms with Gasteiger partial charge in [-0.1, -0.05) is 6.07 Å². The number of nitrogens with zero attached hydrogens (tertiary/aromatic N) is 3. The summed E-state index contributed by atoms with van der Waals surface area (Å²) in [7, 11) is 0. The van der Waals surface area contributed by atoms with Crippen molar-refractivity contribution >= 4 is 33.6 Å². The van der Waals surface area contributed by atoms with Gasteiger partial charge in [0.15, 0.2) is 0 Å². The number of piperazine rings is 1. The Morgan fingerprint density at radius 1 is 1.31 bits per heavy atom. The summed E-state index contributed by atoms with van der Waals surface area (Å²) < 4.78 is 5.53. The summed E-state index contributed by atoms with van der Waals surface area (Å²) in [4.78, 5) is 38.8. The van der Waals surface area contributed by atoms with Crippen molar-refractivity contribution in [1.29, 1.82) is 0 Å². The third kappa shape index (κ3) is 4.51. The van der Waals surface area contributed by atoms with E-state index < -0.39 is 16.6 Å². The van der Waals surface area contributed by atoms with E-state index in [4.69, 9.17) is 4.74 Å². The van der Waals surface area contributed by atoms with Gasteiger partial charge in [0.1, 0.15) is 10.1 Å². The van der Waals surface area contributed by atoms with Gasteiger partial charge in [-0.15, -0.1) is 0 Å². The summed E-state index contributed by atoms with van der Waals surface area (Å²) in [5, 5.41) is 11.1. The molecular weight excluding hydrogens is 406 g/mol. The van der Waals surface area contributed by atoms with Gasteiger partial charge in [0.2, 0.25) is 0 Å². The van der Waals surface area contributed by atoms with Gasteiger partial charge in [0.05, 0.1) is 10.5 Å². The van der Waals surface area contributed by atoms with Crippen molar-refractivity contribution in [3.05, 3.63) is 38.3 Å². The molecule has 1 aromatic carbocycles. The highest BCUT2D eigenvalue weighted by molar-refractivity contribution is 9.10. The van der Waals surface area contributed by atoms with Crippen LogP contribution < -0.4 is 0 Å². The molecular formula is C17H22BrN3O5. The lowest BCUT2D eigenvalue weighted by atomic mass is 10.1. The third-order valence-electron chi connectivity index (χ3n) is 3.95. The van der Waals surface area contributed by atoms with Crippen molar-refractivity contribution < 1.29 is 19.2 Å². The van der Waals surface area contributed by atoms with E-state index in [-0.39, 0.29) is 27.7 Å². The molecule has 0 spiro atoms. The van der Waals surface area contributed by atoms with E-state index in [1.54, 1.807) is 36.6 Å². The molecule has 8 nitrogen and oxygen atoms in total. The van der Waals surface area contributed by atoms with Gasteiger partial charge in [0.25, 0.3) is 11.6 Å². The van der Waals surface area contributed by atoms with Crippen molar-refractivity contribution in [2.45, 2.75) is 39.3 Å². The number of nitro benzene ring substituents is 1. The highest BCUT2D eigenvalue weighted by atomic mass is 79.9. The molecule has 1 aliphatic rings. The van der Waals surface area contributed by atoms with Gasteiger partial charge >= 0.3 is 6.09 Å². The lowest BCUT2D eigenvalue weighted by molar-refractivity contribution is -0.385. The summed E-state index contributed by atoms with van der Waals surface area (Å²) in [5.41, 5.74) is -0.506. The lowest BCUT2D eigenvalue weighted by Crippen LogP contribution is -2.56. The smallest absolute Gasteiger partial charge is 0.410 e. The summed E-state index contributed by atoms with van der Waals surface area (Å²) in [6.45, 7) is 8.24. The molecule has 1 unspecified atom stereocenters. The van der Waals surface area contributed by atoms with E-state index in [9.17, 15) is 19.7 Å². The van der Waals surface area contributed by atoms with Crippen LogP contribution in [-0.2, 0) is 4.74 Å². The summed E-state index contributed by atoms with van der Waals surface area (Å²) in [5.74, 6) is -0.308. The van der Waals surface area contributed by atoms with Crippen LogP contribution in [0.4, 0.5) is 10.5 Å². The van der Waals surface area contributed by atoms with Gasteiger partial charge in [-0.05, 0) is 49.7 Å². The fourth-order valence-electron chi connectivity index (χ4n) is 2.73. The molecule has 1 aliphatic heterocycles. The standard InChI is InChI=1S/C17H22BrN3O5/c1-11-10-19(16(23)26-17(2,3)4)8-9-20(11)15(22)12-6-5-7-13(14(12)18)21(24)25/h5-7,11H,8-10H2,1-4H3. The number of rotatable bonds is 2. The molecule has 1 saturated heterocycles. The fourth-order valence-corrected chi connectivity index (χ4v) is 3.31. The maximum absolute atomic E-state index is 12.8. The lowest BCUT2D eigenvalue weighted by Gasteiger charge is -2.40. The van der Waals surface area contributed by atoms with Crippen LogP contribution in [0.3, 0.4) is 0 Å². The number of carbonyl (C=O) groups is 2. The van der Waals surface area contributed by atoms with E-state index in [1.807, 2.05) is 6.92 Å². The van der Waals surface area contributed by atoms with Crippen molar-refractivity contribution in [1.82, 2.24) is 9.80 Å². The number of carbonyl (C=O) groups excluding carboxylic acids is 2. The number of hydrogen-bond acceptors (Lipinski definition) is 5. The molecule has 1 aromatic rings. The Morgan fingerprint density at radius 3 is 2.50 bits per heavy atom. The maximum atomic E-state index is 12.8. The monoisotopic (exact) mass is 427 g/mol. The second kappa shape index (κ2) is 7.61. The van der Waals surface area contributed by atoms with E-state index in [2.05, 4.69) is 15.9 Å². The van der Waals surface area contributed by atoms with Crippen LogP contribution in [-0.4, -0.2) is 58.0 Å². The van der Waals surface area contributed by atoms with E-state index in [0.717, 1.165) is 0 Å². The molecule has 0 aromatic heterocycles. The first-order valence-corrected chi connectivity index (χ1v) is 9.02. The molecule has 2 rings (SSSR count). The predicted molar refractivity (Wildman–Crippen MR) is 99.1 cm³/mol. The van der Waals surface area contributed by atoms with Crippen LogP contribution in [0.5, 0.6) is 0 Å². The molecule has 1 heterocycles. The van der Waals surface area contributed by atoms with Crippen LogP contribution in [0.2, 0.25) is 0 Å². The molecule has 0 radical (unpaired) electrons. The number of benzene rings is 1. The molecule has 26 heavy (non-hydrogen) atoms. The Kier molecular flexibility index (Phi) is 5.90. The van der Waals surface area contributed by atoms with Crippen LogP contribution in [0.15, 0.2) is 22.7 Å². The Hall–Kier alpha value is -2.16. The highest BCUT2D eigenvalue weighted by Gasteiger charge is 2.33. The van der Waals surface area contributed by atoms with Crippen molar-refractivity contribution in [3.8, 4) is 0 Å². The van der Waals surface area contributed by atoms with E-state index in [1.165, 1.54) is 12.1 Å². The molecule has 0 N–H and O–H groups in total. The van der Waals surface area contributed by atoms with Crippen LogP contribution in [0.25, 0.3) is 0 Å². The zero-order valence-electron chi connectivity index (χ0n) is 15.2. The predicted octanol–water partition coefficient (Wildman–Crippen LogP) is 3.44. The molecule has 1 fully saturated rings. The quantitative estimate of drug-likeness (QED) is 0.532. The first kappa shape index (κ1) is 20.2. The number of amides is 2. The van der Waals surface area contributed by atoms with Crippen LogP contribution in [0.1, 0.15) is 38.1 Å². The first-order valence-electron chi connectivity index (χ1n) is 8.23. The second-order valence-electron chi connectivity index (χ2n) is 7.17. The Bertz CT molecular complexity index is 732. The molecule has 0 bridgehead atoms. The average molecular weight is 428 g/mol. The number of halogens is 1. The SMILES string of the molecule is CC1CN(C(=O)OC(C)(C)C)CCN1C(=O)c1cccc([N+](=O)[O-])c1Br. The number of hydrogen-bond donors (Lipinski definition) is 0. The zero-order valence-corrected chi connectivity index (χ0v) is 16.8. The summed E-state index contributed by atoms with van der Waals surface area (Å²) in [6, 6.07) is 4.13. The highest BCUT2D eigenvalue weighted by Crippen LogP contribution is 2.30. The van der Waals surface area contributed by atoms with Crippen LogP contribution in [0, 0.1) is 10.1 Å². The molecule has 0 aliphatic carbocycles. The second-order valence-corrected chi connectivity index (χ2v) is 7.96. The fraction of sp³-hybridized carbons (Fsp3) is 0.529. The number of ether oxygens (including phenoxy) is 1. The van der Waals surface area contributed by atoms with E-state index in [0.29, 0.717) is 19.6 Å². The largest absolute Gasteiger partial charge is 0.444 e. The summed E-state index contributed by atoms with van der Waals surface area (Å²) >= 11 is 3.16. The minimum absolute atomic E-state index is 0.157. The maximum Gasteiger partial charge on any atom is 0.410 e. The Morgan fingerprint density at radius 2 is 1.96 bits per heavy atom. The van der Waals surface area contributed by atoms with Gasteiger partial charge in [-0.25, -0.2) is 4.79 Å². The molecule has 0 saturated carbocycles.